The molecular formula is C14H8S4. The van der Waals surface area contributed by atoms with Gasteiger partial charge in [-0.15, -0.1) is 47.9 Å². The molecule has 4 heteroatoms. The van der Waals surface area contributed by atoms with Gasteiger partial charge in [-0.3, -0.25) is 0 Å². The first-order chi connectivity index (χ1) is 8.72. The number of hydrogen-bond donors (Lipinski definition) is 2. The van der Waals surface area contributed by atoms with E-state index >= 15 is 0 Å². The first-order valence-corrected chi connectivity index (χ1v) is 8.02. The first-order valence-electron chi connectivity index (χ1n) is 5.49. The molecule has 0 atom stereocenters. The van der Waals surface area contributed by atoms with Gasteiger partial charge in [-0.05, 0) is 24.3 Å². The summed E-state index contributed by atoms with van der Waals surface area (Å²) >= 11 is 12.5. The maximum Gasteiger partial charge on any atom is 0.0542 e. The van der Waals surface area contributed by atoms with Crippen LogP contribution >= 0.6 is 47.9 Å². The summed E-state index contributed by atoms with van der Waals surface area (Å²) in [7, 11) is 0. The van der Waals surface area contributed by atoms with Crippen LogP contribution in [0.3, 0.4) is 0 Å². The normalized spacial score (nSPS) is 11.9. The van der Waals surface area contributed by atoms with Crippen molar-refractivity contribution < 1.29 is 0 Å². The van der Waals surface area contributed by atoms with Crippen LogP contribution in [0.2, 0.25) is 0 Å². The van der Waals surface area contributed by atoms with Gasteiger partial charge < -0.3 is 0 Å². The van der Waals surface area contributed by atoms with Gasteiger partial charge >= 0.3 is 0 Å². The Kier molecular flexibility index (Phi) is 2.42. The fourth-order valence-corrected chi connectivity index (χ4v) is 5.55. The molecule has 18 heavy (non-hydrogen) atoms. The molecule has 0 fully saturated rings. The highest BCUT2D eigenvalue weighted by Crippen LogP contribution is 2.44. The summed E-state index contributed by atoms with van der Waals surface area (Å²) in [6.45, 7) is 0. The molecular weight excluding hydrogens is 296 g/mol. The molecule has 88 valence electrons. The number of benzene rings is 2. The quantitative estimate of drug-likeness (QED) is 0.374. The van der Waals surface area contributed by atoms with E-state index in [2.05, 4.69) is 61.7 Å². The smallest absolute Gasteiger partial charge is 0.0542 e. The van der Waals surface area contributed by atoms with Gasteiger partial charge in [0.2, 0.25) is 0 Å². The minimum Gasteiger partial charge on any atom is -0.143 e. The number of thiol groups is 2. The zero-order valence-corrected chi connectivity index (χ0v) is 12.6. The Bertz CT molecular complexity index is 822. The van der Waals surface area contributed by atoms with Crippen molar-refractivity contribution in [1.82, 2.24) is 0 Å². The van der Waals surface area contributed by atoms with Gasteiger partial charge in [-0.2, -0.15) is 0 Å². The second kappa shape index (κ2) is 3.90. The Morgan fingerprint density at radius 1 is 0.667 bits per heavy atom. The fourth-order valence-electron chi connectivity index (χ4n) is 2.23. The fraction of sp³-hybridized carbons (Fsp3) is 0. The second-order valence-electron chi connectivity index (χ2n) is 4.22. The highest BCUT2D eigenvalue weighted by atomic mass is 32.1. The SMILES string of the molecule is Sc1ccc2c(c1)sc1c3ccc(S)cc3sc21. The van der Waals surface area contributed by atoms with E-state index in [0.717, 1.165) is 9.79 Å². The van der Waals surface area contributed by atoms with Gasteiger partial charge in [-0.25, -0.2) is 0 Å². The Labute approximate surface area is 123 Å². The van der Waals surface area contributed by atoms with Crippen molar-refractivity contribution >= 4 is 77.5 Å². The molecule has 0 spiro atoms. The summed E-state index contributed by atoms with van der Waals surface area (Å²) in [6.07, 6.45) is 0. The van der Waals surface area contributed by atoms with Crippen molar-refractivity contribution in [1.29, 1.82) is 0 Å². The van der Waals surface area contributed by atoms with Crippen LogP contribution in [0.15, 0.2) is 46.2 Å². The maximum absolute atomic E-state index is 4.41. The van der Waals surface area contributed by atoms with E-state index < -0.39 is 0 Å². The molecule has 0 aliphatic heterocycles. The summed E-state index contributed by atoms with van der Waals surface area (Å²) in [6, 6.07) is 12.8. The summed E-state index contributed by atoms with van der Waals surface area (Å²) < 4.78 is 5.41. The molecule has 4 aromatic rings. The molecule has 0 radical (unpaired) electrons. The first kappa shape index (κ1) is 11.2. The highest BCUT2D eigenvalue weighted by Gasteiger charge is 2.11. The molecule has 0 aliphatic rings. The van der Waals surface area contributed by atoms with Gasteiger partial charge in [0, 0.05) is 30.0 Å². The Morgan fingerprint density at radius 3 is 1.56 bits per heavy atom. The minimum atomic E-state index is 1.03. The molecule has 0 unspecified atom stereocenters. The minimum absolute atomic E-state index is 1.03. The number of thiophene rings is 2. The third-order valence-corrected chi connectivity index (χ3v) is 6.11. The molecule has 0 amide bonds. The van der Waals surface area contributed by atoms with E-state index in [4.69, 9.17) is 0 Å². The van der Waals surface area contributed by atoms with E-state index in [1.165, 1.54) is 29.6 Å². The number of fused-ring (bicyclic) bond motifs is 5. The maximum atomic E-state index is 4.41. The van der Waals surface area contributed by atoms with Crippen LogP contribution < -0.4 is 0 Å². The van der Waals surface area contributed by atoms with Crippen LogP contribution in [0.5, 0.6) is 0 Å². The number of rotatable bonds is 0. The largest absolute Gasteiger partial charge is 0.143 e. The molecule has 4 rings (SSSR count). The van der Waals surface area contributed by atoms with Crippen molar-refractivity contribution in [3.63, 3.8) is 0 Å². The van der Waals surface area contributed by atoms with Crippen LogP contribution in [-0.4, -0.2) is 0 Å². The van der Waals surface area contributed by atoms with Crippen LogP contribution in [0.1, 0.15) is 0 Å². The van der Waals surface area contributed by atoms with Crippen molar-refractivity contribution in [3.05, 3.63) is 36.4 Å². The van der Waals surface area contributed by atoms with Crippen molar-refractivity contribution in [2.75, 3.05) is 0 Å². The molecule has 0 bridgehead atoms. The molecule has 2 aromatic heterocycles. The van der Waals surface area contributed by atoms with E-state index in [9.17, 15) is 0 Å². The number of hydrogen-bond acceptors (Lipinski definition) is 4. The predicted molar refractivity (Wildman–Crippen MR) is 89.2 cm³/mol. The van der Waals surface area contributed by atoms with E-state index in [0.29, 0.717) is 0 Å². The Balaban J connectivity index is 2.23. The summed E-state index contributed by atoms with van der Waals surface area (Å²) in [4.78, 5) is 2.05. The zero-order valence-electron chi connectivity index (χ0n) is 9.18. The monoisotopic (exact) mass is 304 g/mol. The van der Waals surface area contributed by atoms with Gasteiger partial charge in [0.15, 0.2) is 0 Å². The van der Waals surface area contributed by atoms with Crippen LogP contribution in [-0.2, 0) is 0 Å². The molecule has 0 nitrogen and oxygen atoms in total. The molecule has 0 N–H and O–H groups in total. The molecule has 2 aromatic carbocycles. The van der Waals surface area contributed by atoms with Crippen molar-refractivity contribution in [2.45, 2.75) is 9.79 Å². The zero-order chi connectivity index (χ0) is 12.3. The lowest BCUT2D eigenvalue weighted by Gasteiger charge is -1.92. The van der Waals surface area contributed by atoms with Gasteiger partial charge in [0.25, 0.3) is 0 Å². The van der Waals surface area contributed by atoms with Crippen LogP contribution in [0.4, 0.5) is 0 Å². The molecule has 0 saturated carbocycles. The summed E-state index contributed by atoms with van der Waals surface area (Å²) in [5.74, 6) is 0. The Morgan fingerprint density at radius 2 is 1.11 bits per heavy atom. The van der Waals surface area contributed by atoms with Crippen LogP contribution in [0, 0.1) is 0 Å². The van der Waals surface area contributed by atoms with E-state index in [-0.39, 0.29) is 0 Å². The lowest BCUT2D eigenvalue weighted by Crippen LogP contribution is -1.64. The van der Waals surface area contributed by atoms with Crippen molar-refractivity contribution in [2.24, 2.45) is 0 Å². The predicted octanol–water partition coefficient (Wildman–Crippen LogP) is 5.85. The third-order valence-electron chi connectivity index (χ3n) is 3.05. The second-order valence-corrected chi connectivity index (χ2v) is 7.36. The van der Waals surface area contributed by atoms with Crippen molar-refractivity contribution in [3.8, 4) is 0 Å². The summed E-state index contributed by atoms with van der Waals surface area (Å²) in [5, 5.41) is 2.68. The van der Waals surface area contributed by atoms with E-state index in [1.807, 2.05) is 22.7 Å². The van der Waals surface area contributed by atoms with Crippen LogP contribution in [0.25, 0.3) is 29.6 Å². The lowest BCUT2D eigenvalue weighted by molar-refractivity contribution is 1.55. The van der Waals surface area contributed by atoms with Gasteiger partial charge in [0.1, 0.15) is 0 Å². The topological polar surface area (TPSA) is 0 Å². The van der Waals surface area contributed by atoms with E-state index in [1.54, 1.807) is 0 Å². The molecule has 0 saturated heterocycles. The highest BCUT2D eigenvalue weighted by molar-refractivity contribution is 7.80. The van der Waals surface area contributed by atoms with Gasteiger partial charge in [-0.1, -0.05) is 12.1 Å². The average molecular weight is 304 g/mol. The standard InChI is InChI=1S/C14H8S4/c15-7-1-3-9-11(5-7)17-14-10-4-2-8(16)6-12(10)18-13(9)14/h1-6,15-16H. The average Bonchev–Trinajstić information content (AvgIpc) is 2.83. The molecule has 2 heterocycles. The molecule has 0 aliphatic carbocycles. The third kappa shape index (κ3) is 1.53. The lowest BCUT2D eigenvalue weighted by atomic mass is 10.2. The van der Waals surface area contributed by atoms with Gasteiger partial charge in [0.05, 0.1) is 9.40 Å². The Hall–Kier alpha value is -0.680. The summed E-state index contributed by atoms with van der Waals surface area (Å²) in [5.41, 5.74) is 0.